The fraction of sp³-hybridized carbons (Fsp3) is 1.00. The largest absolute Gasteiger partial charge is 0.405 e. The normalized spacial score (nSPS) is 12.0. The highest BCUT2D eigenvalue weighted by Gasteiger charge is 2.07. The van der Waals surface area contributed by atoms with Crippen LogP contribution in [0.3, 0.4) is 0 Å². The molecule has 0 heterocycles. The summed E-state index contributed by atoms with van der Waals surface area (Å²) in [6.07, 6.45) is 13.6. The standard InChI is InChI=1S/C13H29ClOSi/c1-3-5-7-9-11-13(15-16-14)12-10-8-6-4-2/h13H,3-12,16H2,1-2H3. The Balaban J connectivity index is 3.45. The van der Waals surface area contributed by atoms with Gasteiger partial charge in [-0.15, -0.1) is 11.1 Å². The number of hydrogen-bond acceptors (Lipinski definition) is 1. The molecule has 0 N–H and O–H groups in total. The van der Waals surface area contributed by atoms with Gasteiger partial charge in [0.15, 0.2) is 0 Å². The van der Waals surface area contributed by atoms with Gasteiger partial charge < -0.3 is 4.43 Å². The van der Waals surface area contributed by atoms with Crippen molar-refractivity contribution in [2.24, 2.45) is 0 Å². The summed E-state index contributed by atoms with van der Waals surface area (Å²) in [4.78, 5) is 0. The van der Waals surface area contributed by atoms with Crippen LogP contribution in [-0.4, -0.2) is 15.2 Å². The lowest BCUT2D eigenvalue weighted by Crippen LogP contribution is -2.13. The van der Waals surface area contributed by atoms with Crippen LogP contribution in [0.15, 0.2) is 0 Å². The Bertz CT molecular complexity index is 121. The van der Waals surface area contributed by atoms with Crippen LogP contribution in [0.1, 0.15) is 78.1 Å². The fourth-order valence-electron chi connectivity index (χ4n) is 2.00. The molecule has 0 aromatic heterocycles. The van der Waals surface area contributed by atoms with Crippen molar-refractivity contribution in [2.45, 2.75) is 84.2 Å². The summed E-state index contributed by atoms with van der Waals surface area (Å²) >= 11 is 5.79. The van der Waals surface area contributed by atoms with E-state index in [9.17, 15) is 0 Å². The molecular weight excluding hydrogens is 236 g/mol. The summed E-state index contributed by atoms with van der Waals surface area (Å²) in [5.41, 5.74) is 0. The average Bonchev–Trinajstić information content (AvgIpc) is 2.30. The summed E-state index contributed by atoms with van der Waals surface area (Å²) in [6.45, 7) is 4.51. The first-order valence-corrected chi connectivity index (χ1v) is 9.74. The van der Waals surface area contributed by atoms with E-state index in [1.807, 2.05) is 0 Å². The van der Waals surface area contributed by atoms with Gasteiger partial charge in [-0.1, -0.05) is 65.2 Å². The van der Waals surface area contributed by atoms with E-state index in [1.54, 1.807) is 0 Å². The van der Waals surface area contributed by atoms with Crippen LogP contribution in [0, 0.1) is 0 Å². The van der Waals surface area contributed by atoms with Gasteiger partial charge in [0.05, 0.1) is 0 Å². The number of halogens is 1. The predicted molar refractivity (Wildman–Crippen MR) is 76.8 cm³/mol. The Labute approximate surface area is 109 Å². The minimum Gasteiger partial charge on any atom is -0.405 e. The molecule has 0 amide bonds. The van der Waals surface area contributed by atoms with Gasteiger partial charge in [-0.25, -0.2) is 0 Å². The number of rotatable bonds is 12. The van der Waals surface area contributed by atoms with Gasteiger partial charge >= 0.3 is 0 Å². The van der Waals surface area contributed by atoms with Gasteiger partial charge in [0.1, 0.15) is 0 Å². The zero-order chi connectivity index (χ0) is 12.1. The van der Waals surface area contributed by atoms with Crippen LogP contribution < -0.4 is 0 Å². The molecule has 1 nitrogen and oxygen atoms in total. The molecule has 3 heteroatoms. The van der Waals surface area contributed by atoms with Crippen molar-refractivity contribution in [3.63, 3.8) is 0 Å². The van der Waals surface area contributed by atoms with E-state index in [4.69, 9.17) is 15.5 Å². The van der Waals surface area contributed by atoms with Crippen LogP contribution in [-0.2, 0) is 4.43 Å². The topological polar surface area (TPSA) is 9.23 Å². The first-order chi connectivity index (χ1) is 7.85. The molecule has 0 fully saturated rings. The van der Waals surface area contributed by atoms with Crippen molar-refractivity contribution in [1.29, 1.82) is 0 Å². The molecule has 0 aliphatic carbocycles. The van der Waals surface area contributed by atoms with Crippen molar-refractivity contribution in [3.05, 3.63) is 0 Å². The van der Waals surface area contributed by atoms with Crippen molar-refractivity contribution in [1.82, 2.24) is 0 Å². The zero-order valence-electron chi connectivity index (χ0n) is 11.1. The molecule has 0 atom stereocenters. The summed E-state index contributed by atoms with van der Waals surface area (Å²) in [5, 5.41) is 0. The zero-order valence-corrected chi connectivity index (χ0v) is 13.3. The van der Waals surface area contributed by atoms with Gasteiger partial charge in [0.2, 0.25) is 0 Å². The first-order valence-electron chi connectivity index (χ1n) is 7.02. The van der Waals surface area contributed by atoms with Crippen molar-refractivity contribution in [3.8, 4) is 0 Å². The molecule has 16 heavy (non-hydrogen) atoms. The second-order valence-electron chi connectivity index (χ2n) is 4.60. The lowest BCUT2D eigenvalue weighted by Gasteiger charge is -2.16. The van der Waals surface area contributed by atoms with Crippen LogP contribution in [0.5, 0.6) is 0 Å². The Hall–Kier alpha value is 0.467. The molecule has 0 saturated heterocycles. The van der Waals surface area contributed by atoms with E-state index in [-0.39, 0.29) is 0 Å². The maximum Gasteiger partial charge on any atom is 0.258 e. The summed E-state index contributed by atoms with van der Waals surface area (Å²) in [6, 6.07) is 0. The molecule has 0 aromatic carbocycles. The van der Waals surface area contributed by atoms with E-state index >= 15 is 0 Å². The monoisotopic (exact) mass is 264 g/mol. The molecule has 0 aliphatic rings. The molecular formula is C13H29ClOSi. The van der Waals surface area contributed by atoms with E-state index < -0.39 is 9.07 Å². The molecule has 0 aliphatic heterocycles. The van der Waals surface area contributed by atoms with Crippen LogP contribution >= 0.6 is 11.1 Å². The van der Waals surface area contributed by atoms with Crippen molar-refractivity contribution >= 4 is 20.2 Å². The molecule has 0 bridgehead atoms. The maximum absolute atomic E-state index is 5.79. The van der Waals surface area contributed by atoms with Gasteiger partial charge in [-0.3, -0.25) is 0 Å². The second-order valence-corrected chi connectivity index (χ2v) is 5.80. The average molecular weight is 265 g/mol. The summed E-state index contributed by atoms with van der Waals surface area (Å²) < 4.78 is 5.71. The van der Waals surface area contributed by atoms with Crippen LogP contribution in [0.25, 0.3) is 0 Å². The molecule has 0 spiro atoms. The Kier molecular flexibility index (Phi) is 13.9. The summed E-state index contributed by atoms with van der Waals surface area (Å²) in [5.74, 6) is 0. The molecule has 98 valence electrons. The Morgan fingerprint density at radius 2 is 1.38 bits per heavy atom. The van der Waals surface area contributed by atoms with E-state index in [0.717, 1.165) is 0 Å². The van der Waals surface area contributed by atoms with Gasteiger partial charge in [-0.2, -0.15) is 0 Å². The third kappa shape index (κ3) is 11.0. The molecule has 0 saturated carbocycles. The molecule has 0 radical (unpaired) electrons. The van der Waals surface area contributed by atoms with Gasteiger partial charge in [-0.05, 0) is 12.8 Å². The quantitative estimate of drug-likeness (QED) is 0.285. The Morgan fingerprint density at radius 3 is 1.75 bits per heavy atom. The van der Waals surface area contributed by atoms with Gasteiger partial charge in [0, 0.05) is 6.10 Å². The highest BCUT2D eigenvalue weighted by atomic mass is 35.6. The molecule has 0 rings (SSSR count). The van der Waals surface area contributed by atoms with Crippen LogP contribution in [0.4, 0.5) is 0 Å². The molecule has 0 unspecified atom stereocenters. The first kappa shape index (κ1) is 16.5. The molecule has 0 aromatic rings. The SMILES string of the molecule is CCCCCCC(CCCCCC)O[SiH2]Cl. The third-order valence-electron chi connectivity index (χ3n) is 3.06. The fourth-order valence-corrected chi connectivity index (χ4v) is 3.04. The van der Waals surface area contributed by atoms with Gasteiger partial charge in [0.25, 0.3) is 9.07 Å². The highest BCUT2D eigenvalue weighted by molar-refractivity contribution is 6.89. The van der Waals surface area contributed by atoms with E-state index in [1.165, 1.54) is 64.2 Å². The minimum absolute atomic E-state index is 0.470. The van der Waals surface area contributed by atoms with Crippen molar-refractivity contribution < 1.29 is 4.43 Å². The lowest BCUT2D eigenvalue weighted by atomic mass is 10.0. The smallest absolute Gasteiger partial charge is 0.258 e. The lowest BCUT2D eigenvalue weighted by molar-refractivity contribution is 0.186. The highest BCUT2D eigenvalue weighted by Crippen LogP contribution is 2.15. The minimum atomic E-state index is -0.740. The van der Waals surface area contributed by atoms with Crippen LogP contribution in [0.2, 0.25) is 0 Å². The summed E-state index contributed by atoms with van der Waals surface area (Å²) in [7, 11) is -0.740. The predicted octanol–water partition coefficient (Wildman–Crippen LogP) is 4.55. The number of hydrogen-bond donors (Lipinski definition) is 0. The second kappa shape index (κ2) is 13.5. The van der Waals surface area contributed by atoms with E-state index in [2.05, 4.69) is 13.8 Å². The maximum atomic E-state index is 5.79. The van der Waals surface area contributed by atoms with E-state index in [0.29, 0.717) is 6.10 Å². The Morgan fingerprint density at radius 1 is 0.875 bits per heavy atom. The third-order valence-corrected chi connectivity index (χ3v) is 4.03. The van der Waals surface area contributed by atoms with Crippen molar-refractivity contribution in [2.75, 3.05) is 0 Å². The number of unbranched alkanes of at least 4 members (excludes halogenated alkanes) is 6.